The Morgan fingerprint density at radius 1 is 0.882 bits per heavy atom. The van der Waals surface area contributed by atoms with Gasteiger partial charge >= 0.3 is 0 Å². The van der Waals surface area contributed by atoms with Crippen LogP contribution in [0.5, 0.6) is 0 Å². The molecule has 2 aliphatic rings. The summed E-state index contributed by atoms with van der Waals surface area (Å²) < 4.78 is 0. The Balaban J connectivity index is 1.60. The van der Waals surface area contributed by atoms with Crippen LogP contribution in [0, 0.1) is 5.92 Å². The summed E-state index contributed by atoms with van der Waals surface area (Å²) in [6.07, 6.45) is 20.5. The first-order valence-corrected chi connectivity index (χ1v) is 7.85. The summed E-state index contributed by atoms with van der Waals surface area (Å²) in [4.78, 5) is 0. The van der Waals surface area contributed by atoms with Gasteiger partial charge in [-0.05, 0) is 38.1 Å². The molecule has 2 rings (SSSR count). The van der Waals surface area contributed by atoms with Crippen molar-refractivity contribution in [2.45, 2.75) is 76.7 Å². The zero-order valence-electron chi connectivity index (χ0n) is 11.3. The van der Waals surface area contributed by atoms with Gasteiger partial charge in [0.05, 0.1) is 0 Å². The lowest BCUT2D eigenvalue weighted by Gasteiger charge is -2.23. The van der Waals surface area contributed by atoms with Gasteiger partial charge in [0.1, 0.15) is 0 Å². The minimum atomic E-state index is 0.666. The molecule has 1 nitrogen and oxygen atoms in total. The maximum Gasteiger partial charge on any atom is 0.0249 e. The van der Waals surface area contributed by atoms with E-state index >= 15 is 0 Å². The van der Waals surface area contributed by atoms with Crippen LogP contribution in [-0.4, -0.2) is 12.6 Å². The first-order valence-electron chi connectivity index (χ1n) is 7.85. The Labute approximate surface area is 107 Å². The van der Waals surface area contributed by atoms with Crippen LogP contribution in [0.25, 0.3) is 0 Å². The maximum absolute atomic E-state index is 3.75. The maximum atomic E-state index is 3.75. The normalized spacial score (nSPS) is 29.5. The average Bonchev–Trinajstić information content (AvgIpc) is 2.33. The Morgan fingerprint density at radius 2 is 1.65 bits per heavy atom. The van der Waals surface area contributed by atoms with Crippen molar-refractivity contribution in [2.24, 2.45) is 5.92 Å². The van der Waals surface area contributed by atoms with Crippen LogP contribution in [-0.2, 0) is 0 Å². The van der Waals surface area contributed by atoms with Gasteiger partial charge in [0.15, 0.2) is 0 Å². The minimum absolute atomic E-state index is 0.666. The molecular weight excluding hydrogens is 206 g/mol. The second-order valence-electron chi connectivity index (χ2n) is 5.92. The first kappa shape index (κ1) is 13.1. The van der Waals surface area contributed by atoms with Crippen LogP contribution < -0.4 is 5.32 Å². The molecule has 1 fully saturated rings. The molecule has 0 saturated heterocycles. The zero-order chi connectivity index (χ0) is 11.8. The fourth-order valence-electron chi connectivity index (χ4n) is 3.28. The van der Waals surface area contributed by atoms with Crippen LogP contribution in [0.2, 0.25) is 0 Å². The highest BCUT2D eigenvalue weighted by atomic mass is 14.9. The largest absolute Gasteiger partial charge is 0.311 e. The van der Waals surface area contributed by atoms with Gasteiger partial charge in [-0.3, -0.25) is 0 Å². The van der Waals surface area contributed by atoms with Crippen LogP contribution in [0.3, 0.4) is 0 Å². The van der Waals surface area contributed by atoms with E-state index in [4.69, 9.17) is 0 Å². The van der Waals surface area contributed by atoms with Crippen LogP contribution in [0.1, 0.15) is 70.6 Å². The van der Waals surface area contributed by atoms with Gasteiger partial charge in [-0.1, -0.05) is 57.1 Å². The van der Waals surface area contributed by atoms with Gasteiger partial charge in [-0.2, -0.15) is 0 Å². The molecule has 98 valence electrons. The Kier molecular flexibility index (Phi) is 6.12. The summed E-state index contributed by atoms with van der Waals surface area (Å²) in [6, 6.07) is 0.666. The van der Waals surface area contributed by atoms with Crippen molar-refractivity contribution in [1.29, 1.82) is 0 Å². The molecule has 1 unspecified atom stereocenters. The molecule has 0 heterocycles. The minimum Gasteiger partial charge on any atom is -0.311 e. The molecule has 0 aromatic rings. The van der Waals surface area contributed by atoms with E-state index in [9.17, 15) is 0 Å². The van der Waals surface area contributed by atoms with Crippen molar-refractivity contribution in [3.63, 3.8) is 0 Å². The second kappa shape index (κ2) is 7.92. The molecule has 1 N–H and O–H groups in total. The molecule has 2 aliphatic carbocycles. The predicted octanol–water partition coefficient (Wildman–Crippen LogP) is 4.44. The number of nitrogens with one attached hydrogen (secondary N) is 1. The van der Waals surface area contributed by atoms with E-state index in [1.807, 2.05) is 0 Å². The molecule has 0 aliphatic heterocycles. The molecular formula is C16H29N. The van der Waals surface area contributed by atoms with E-state index < -0.39 is 0 Å². The molecule has 0 amide bonds. The fourth-order valence-corrected chi connectivity index (χ4v) is 3.28. The summed E-state index contributed by atoms with van der Waals surface area (Å²) in [5, 5.41) is 3.75. The average molecular weight is 235 g/mol. The monoisotopic (exact) mass is 235 g/mol. The summed E-state index contributed by atoms with van der Waals surface area (Å²) in [7, 11) is 0. The number of hydrogen-bond acceptors (Lipinski definition) is 1. The van der Waals surface area contributed by atoms with Crippen molar-refractivity contribution in [3.8, 4) is 0 Å². The van der Waals surface area contributed by atoms with Gasteiger partial charge in [0.2, 0.25) is 0 Å². The summed E-state index contributed by atoms with van der Waals surface area (Å²) in [5.74, 6) is 1.02. The Morgan fingerprint density at radius 3 is 2.53 bits per heavy atom. The second-order valence-corrected chi connectivity index (χ2v) is 5.92. The molecule has 1 atom stereocenters. The van der Waals surface area contributed by atoms with Gasteiger partial charge < -0.3 is 5.32 Å². The van der Waals surface area contributed by atoms with E-state index in [2.05, 4.69) is 17.5 Å². The molecule has 0 radical (unpaired) electrons. The summed E-state index contributed by atoms with van der Waals surface area (Å²) in [5.41, 5.74) is 0. The molecule has 0 bridgehead atoms. The standard InChI is InChI=1S/C16H29N/c1-2-7-11-16(12-8-3-1)17-14-13-15-9-5-4-6-10-15/h7,11,15-17H,1-6,8-10,12-14H2/b11-7+. The third kappa shape index (κ3) is 5.25. The summed E-state index contributed by atoms with van der Waals surface area (Å²) in [6.45, 7) is 1.24. The van der Waals surface area contributed by atoms with E-state index in [0.29, 0.717) is 6.04 Å². The quantitative estimate of drug-likeness (QED) is 0.711. The highest BCUT2D eigenvalue weighted by Crippen LogP contribution is 2.25. The van der Waals surface area contributed by atoms with Crippen molar-refractivity contribution in [2.75, 3.05) is 6.54 Å². The molecule has 1 saturated carbocycles. The SMILES string of the molecule is C1=C/C(NCCC2CCCCC2)CCCCC/1. The predicted molar refractivity (Wildman–Crippen MR) is 75.2 cm³/mol. The van der Waals surface area contributed by atoms with Gasteiger partial charge in [0, 0.05) is 6.04 Å². The number of allylic oxidation sites excluding steroid dienone is 1. The lowest BCUT2D eigenvalue weighted by Crippen LogP contribution is -2.29. The van der Waals surface area contributed by atoms with E-state index in [-0.39, 0.29) is 0 Å². The molecule has 0 aromatic carbocycles. The molecule has 1 heteroatoms. The number of hydrogen-bond donors (Lipinski definition) is 1. The topological polar surface area (TPSA) is 12.0 Å². The fraction of sp³-hybridized carbons (Fsp3) is 0.875. The van der Waals surface area contributed by atoms with E-state index in [0.717, 1.165) is 5.92 Å². The summed E-state index contributed by atoms with van der Waals surface area (Å²) >= 11 is 0. The van der Waals surface area contributed by atoms with E-state index in [1.54, 1.807) is 0 Å². The van der Waals surface area contributed by atoms with Gasteiger partial charge in [0.25, 0.3) is 0 Å². The van der Waals surface area contributed by atoms with Crippen molar-refractivity contribution in [3.05, 3.63) is 12.2 Å². The Hall–Kier alpha value is -0.300. The van der Waals surface area contributed by atoms with Crippen LogP contribution in [0.4, 0.5) is 0 Å². The smallest absolute Gasteiger partial charge is 0.0249 e. The molecule has 0 spiro atoms. The lowest BCUT2D eigenvalue weighted by molar-refractivity contribution is 0.329. The van der Waals surface area contributed by atoms with Crippen molar-refractivity contribution < 1.29 is 0 Å². The van der Waals surface area contributed by atoms with Gasteiger partial charge in [-0.25, -0.2) is 0 Å². The molecule has 0 aromatic heterocycles. The van der Waals surface area contributed by atoms with Crippen molar-refractivity contribution >= 4 is 0 Å². The zero-order valence-corrected chi connectivity index (χ0v) is 11.3. The van der Waals surface area contributed by atoms with Crippen LogP contribution in [0.15, 0.2) is 12.2 Å². The molecule has 17 heavy (non-hydrogen) atoms. The highest BCUT2D eigenvalue weighted by Gasteiger charge is 2.13. The van der Waals surface area contributed by atoms with E-state index in [1.165, 1.54) is 77.2 Å². The third-order valence-electron chi connectivity index (χ3n) is 4.44. The Bertz CT molecular complexity index is 216. The third-order valence-corrected chi connectivity index (χ3v) is 4.44. The number of rotatable bonds is 4. The lowest BCUT2D eigenvalue weighted by atomic mass is 9.87. The first-order chi connectivity index (χ1) is 8.45. The highest BCUT2D eigenvalue weighted by molar-refractivity contribution is 4.94. The van der Waals surface area contributed by atoms with Crippen LogP contribution >= 0.6 is 0 Å². The van der Waals surface area contributed by atoms with Gasteiger partial charge in [-0.15, -0.1) is 0 Å². The van der Waals surface area contributed by atoms with Crippen molar-refractivity contribution in [1.82, 2.24) is 5.32 Å².